The molecule has 106 valence electrons. The summed E-state index contributed by atoms with van der Waals surface area (Å²) in [7, 11) is 5.07. The minimum atomic E-state index is 0.501. The van der Waals surface area contributed by atoms with E-state index in [1.807, 2.05) is 37.4 Å². The van der Waals surface area contributed by atoms with Crippen molar-refractivity contribution < 1.29 is 14.2 Å². The molecule has 0 bridgehead atoms. The predicted molar refractivity (Wildman–Crippen MR) is 76.6 cm³/mol. The van der Waals surface area contributed by atoms with Crippen molar-refractivity contribution >= 4 is 0 Å². The summed E-state index contributed by atoms with van der Waals surface area (Å²) < 4.78 is 16.4. The molecular formula is C15H18N2O3. The van der Waals surface area contributed by atoms with E-state index in [2.05, 4.69) is 10.3 Å². The molecule has 2 rings (SSSR count). The average Bonchev–Trinajstić information content (AvgIpc) is 2.48. The highest BCUT2D eigenvalue weighted by Crippen LogP contribution is 2.39. The van der Waals surface area contributed by atoms with Gasteiger partial charge in [-0.15, -0.1) is 0 Å². The molecule has 0 amide bonds. The minimum absolute atomic E-state index is 0.501. The molecule has 2 aromatic rings. The summed E-state index contributed by atoms with van der Waals surface area (Å²) in [6.07, 6.45) is 1.71. The van der Waals surface area contributed by atoms with Crippen molar-refractivity contribution in [2.24, 2.45) is 0 Å². The standard InChI is InChI=1S/C15H18N2O3/c1-16-10-11-7-8-17-14(9-11)20-15-12(18-2)5-4-6-13(15)19-3/h4-9,16H,10H2,1-3H3. The SMILES string of the molecule is CNCc1ccnc(Oc2c(OC)cccc2OC)c1. The number of aromatic nitrogens is 1. The molecule has 20 heavy (non-hydrogen) atoms. The Hall–Kier alpha value is -2.27. The van der Waals surface area contributed by atoms with Crippen molar-refractivity contribution in [3.8, 4) is 23.1 Å². The largest absolute Gasteiger partial charge is 0.493 e. The van der Waals surface area contributed by atoms with Crippen LogP contribution in [0.2, 0.25) is 0 Å². The number of rotatable bonds is 6. The Morgan fingerprint density at radius 3 is 2.40 bits per heavy atom. The number of benzene rings is 1. The quantitative estimate of drug-likeness (QED) is 0.877. The maximum absolute atomic E-state index is 5.82. The normalized spacial score (nSPS) is 10.2. The van der Waals surface area contributed by atoms with Gasteiger partial charge in [-0.2, -0.15) is 0 Å². The topological polar surface area (TPSA) is 52.6 Å². The number of hydrogen-bond donors (Lipinski definition) is 1. The predicted octanol–water partition coefficient (Wildman–Crippen LogP) is 2.61. The summed E-state index contributed by atoms with van der Waals surface area (Å²) in [5.41, 5.74) is 1.09. The summed E-state index contributed by atoms with van der Waals surface area (Å²) in [4.78, 5) is 4.21. The van der Waals surface area contributed by atoms with Crippen molar-refractivity contribution in [2.75, 3.05) is 21.3 Å². The highest BCUT2D eigenvalue weighted by Gasteiger charge is 2.13. The van der Waals surface area contributed by atoms with Crippen LogP contribution in [-0.4, -0.2) is 26.3 Å². The maximum atomic E-state index is 5.82. The molecule has 0 spiro atoms. The second-order valence-electron chi connectivity index (χ2n) is 4.13. The number of hydrogen-bond acceptors (Lipinski definition) is 5. The monoisotopic (exact) mass is 274 g/mol. The maximum Gasteiger partial charge on any atom is 0.219 e. The van der Waals surface area contributed by atoms with Gasteiger partial charge in [-0.05, 0) is 30.8 Å². The van der Waals surface area contributed by atoms with E-state index in [9.17, 15) is 0 Å². The van der Waals surface area contributed by atoms with E-state index >= 15 is 0 Å². The minimum Gasteiger partial charge on any atom is -0.493 e. The van der Waals surface area contributed by atoms with Crippen molar-refractivity contribution in [2.45, 2.75) is 6.54 Å². The molecule has 0 aliphatic carbocycles. The van der Waals surface area contributed by atoms with Crippen LogP contribution in [0.15, 0.2) is 36.5 Å². The lowest BCUT2D eigenvalue weighted by Crippen LogP contribution is -2.05. The smallest absolute Gasteiger partial charge is 0.219 e. The molecule has 1 aromatic heterocycles. The lowest BCUT2D eigenvalue weighted by molar-refractivity contribution is 0.342. The lowest BCUT2D eigenvalue weighted by Gasteiger charge is -2.13. The molecule has 5 nitrogen and oxygen atoms in total. The lowest BCUT2D eigenvalue weighted by atomic mass is 10.2. The van der Waals surface area contributed by atoms with Crippen LogP contribution in [0.4, 0.5) is 0 Å². The molecule has 1 heterocycles. The van der Waals surface area contributed by atoms with Gasteiger partial charge in [0.05, 0.1) is 14.2 Å². The molecule has 0 saturated heterocycles. The van der Waals surface area contributed by atoms with E-state index in [0.29, 0.717) is 23.1 Å². The summed E-state index contributed by atoms with van der Waals surface area (Å²) in [5, 5.41) is 3.09. The molecule has 0 unspecified atom stereocenters. The van der Waals surface area contributed by atoms with Gasteiger partial charge in [0.2, 0.25) is 11.6 Å². The van der Waals surface area contributed by atoms with Gasteiger partial charge in [-0.3, -0.25) is 0 Å². The number of pyridine rings is 1. The fourth-order valence-electron chi connectivity index (χ4n) is 1.84. The van der Waals surface area contributed by atoms with Crippen LogP contribution in [0.5, 0.6) is 23.1 Å². The van der Waals surface area contributed by atoms with Gasteiger partial charge >= 0.3 is 0 Å². The molecule has 0 fully saturated rings. The van der Waals surface area contributed by atoms with Crippen LogP contribution >= 0.6 is 0 Å². The van der Waals surface area contributed by atoms with Crippen LogP contribution in [-0.2, 0) is 6.54 Å². The zero-order valence-electron chi connectivity index (χ0n) is 11.8. The first-order chi connectivity index (χ1) is 9.78. The van der Waals surface area contributed by atoms with Gasteiger partial charge in [0.15, 0.2) is 11.5 Å². The van der Waals surface area contributed by atoms with E-state index < -0.39 is 0 Å². The number of nitrogens with zero attached hydrogens (tertiary/aromatic N) is 1. The van der Waals surface area contributed by atoms with E-state index in [0.717, 1.165) is 12.1 Å². The van der Waals surface area contributed by atoms with Gasteiger partial charge in [-0.1, -0.05) is 6.07 Å². The van der Waals surface area contributed by atoms with E-state index in [-0.39, 0.29) is 0 Å². The van der Waals surface area contributed by atoms with Crippen LogP contribution in [0.1, 0.15) is 5.56 Å². The van der Waals surface area contributed by atoms with Gasteiger partial charge < -0.3 is 19.5 Å². The van der Waals surface area contributed by atoms with Crippen molar-refractivity contribution in [3.63, 3.8) is 0 Å². The Bertz CT molecular complexity index is 551. The van der Waals surface area contributed by atoms with Gasteiger partial charge in [0.1, 0.15) is 0 Å². The fourth-order valence-corrected chi connectivity index (χ4v) is 1.84. The Balaban J connectivity index is 2.31. The second-order valence-corrected chi connectivity index (χ2v) is 4.13. The first-order valence-corrected chi connectivity index (χ1v) is 6.27. The molecule has 0 radical (unpaired) electrons. The number of nitrogens with one attached hydrogen (secondary N) is 1. The molecule has 0 aliphatic rings. The van der Waals surface area contributed by atoms with Gasteiger partial charge in [-0.25, -0.2) is 4.98 Å². The molecule has 1 N–H and O–H groups in total. The first-order valence-electron chi connectivity index (χ1n) is 6.27. The number of methoxy groups -OCH3 is 2. The van der Waals surface area contributed by atoms with E-state index in [4.69, 9.17) is 14.2 Å². The first kappa shape index (κ1) is 14.1. The third kappa shape index (κ3) is 3.19. The van der Waals surface area contributed by atoms with E-state index in [1.165, 1.54) is 0 Å². The second kappa shape index (κ2) is 6.77. The Kier molecular flexibility index (Phi) is 4.79. The Labute approximate surface area is 118 Å². The third-order valence-corrected chi connectivity index (χ3v) is 2.77. The third-order valence-electron chi connectivity index (χ3n) is 2.77. The summed E-state index contributed by atoms with van der Waals surface area (Å²) in [6, 6.07) is 9.28. The van der Waals surface area contributed by atoms with Crippen LogP contribution < -0.4 is 19.5 Å². The van der Waals surface area contributed by atoms with E-state index in [1.54, 1.807) is 20.4 Å². The van der Waals surface area contributed by atoms with Gasteiger partial charge in [0, 0.05) is 18.8 Å². The fraction of sp³-hybridized carbons (Fsp3) is 0.267. The molecule has 5 heteroatoms. The highest BCUT2D eigenvalue weighted by atomic mass is 16.5. The average molecular weight is 274 g/mol. The highest BCUT2D eigenvalue weighted by molar-refractivity contribution is 5.52. The number of ether oxygens (including phenoxy) is 3. The summed E-state index contributed by atoms with van der Waals surface area (Å²) in [6.45, 7) is 0.752. The van der Waals surface area contributed by atoms with Crippen LogP contribution in [0, 0.1) is 0 Å². The Morgan fingerprint density at radius 2 is 1.80 bits per heavy atom. The van der Waals surface area contributed by atoms with Crippen LogP contribution in [0.25, 0.3) is 0 Å². The molecule has 0 atom stereocenters. The summed E-state index contributed by atoms with van der Waals surface area (Å²) in [5.74, 6) is 2.22. The van der Waals surface area contributed by atoms with Crippen molar-refractivity contribution in [1.29, 1.82) is 0 Å². The van der Waals surface area contributed by atoms with Crippen LogP contribution in [0.3, 0.4) is 0 Å². The zero-order chi connectivity index (χ0) is 14.4. The van der Waals surface area contributed by atoms with Gasteiger partial charge in [0.25, 0.3) is 0 Å². The molecule has 1 aromatic carbocycles. The van der Waals surface area contributed by atoms with Crippen molar-refractivity contribution in [3.05, 3.63) is 42.1 Å². The zero-order valence-corrected chi connectivity index (χ0v) is 11.8. The Morgan fingerprint density at radius 1 is 1.10 bits per heavy atom. The number of para-hydroxylation sites is 1. The molecular weight excluding hydrogens is 256 g/mol. The summed E-state index contributed by atoms with van der Waals surface area (Å²) >= 11 is 0. The molecule has 0 saturated carbocycles. The van der Waals surface area contributed by atoms with Crippen molar-refractivity contribution in [1.82, 2.24) is 10.3 Å². The molecule has 0 aliphatic heterocycles.